The van der Waals surface area contributed by atoms with E-state index < -0.39 is 0 Å². The van der Waals surface area contributed by atoms with Gasteiger partial charge < -0.3 is 9.88 Å². The summed E-state index contributed by atoms with van der Waals surface area (Å²) >= 11 is 7.98. The van der Waals surface area contributed by atoms with Crippen LogP contribution in [0.5, 0.6) is 0 Å². The highest BCUT2D eigenvalue weighted by Gasteiger charge is 2.19. The molecule has 22 heavy (non-hydrogen) atoms. The Morgan fingerprint density at radius 2 is 2.09 bits per heavy atom. The van der Waals surface area contributed by atoms with Gasteiger partial charge in [0, 0.05) is 23.6 Å². The van der Waals surface area contributed by atoms with Gasteiger partial charge in [-0.05, 0) is 47.3 Å². The molecule has 2 aromatic heterocycles. The number of aromatic nitrogens is 1. The summed E-state index contributed by atoms with van der Waals surface area (Å²) in [6.07, 6.45) is 4.15. The predicted octanol–water partition coefficient (Wildman–Crippen LogP) is 4.52. The first-order valence-corrected chi connectivity index (χ1v) is 8.22. The molecule has 1 unspecified atom stereocenters. The molecule has 0 saturated carbocycles. The average Bonchev–Trinajstić information content (AvgIpc) is 3.12. The van der Waals surface area contributed by atoms with E-state index >= 15 is 0 Å². The van der Waals surface area contributed by atoms with Crippen molar-refractivity contribution in [2.24, 2.45) is 12.0 Å². The van der Waals surface area contributed by atoms with Gasteiger partial charge in [-0.2, -0.15) is 0 Å². The summed E-state index contributed by atoms with van der Waals surface area (Å²) in [6, 6.07) is 14.6. The number of benzene rings is 1. The van der Waals surface area contributed by atoms with Crippen LogP contribution >= 0.6 is 22.9 Å². The van der Waals surface area contributed by atoms with Gasteiger partial charge in [0.05, 0.1) is 10.6 Å². The molecule has 5 heteroatoms. The van der Waals surface area contributed by atoms with Crippen LogP contribution in [0.3, 0.4) is 0 Å². The molecule has 1 atom stereocenters. The Morgan fingerprint density at radius 1 is 1.23 bits per heavy atom. The number of rotatable bonds is 2. The van der Waals surface area contributed by atoms with Gasteiger partial charge in [-0.15, -0.1) is 11.3 Å². The lowest BCUT2D eigenvalue weighted by atomic mass is 10.1. The fraction of sp³-hybridized carbons (Fsp3) is 0.118. The van der Waals surface area contributed by atoms with Crippen LogP contribution in [-0.4, -0.2) is 9.86 Å². The number of aryl methyl sites for hydroxylation is 1. The van der Waals surface area contributed by atoms with E-state index in [0.717, 1.165) is 11.4 Å². The van der Waals surface area contributed by atoms with E-state index in [0.29, 0.717) is 5.29 Å². The summed E-state index contributed by atoms with van der Waals surface area (Å²) in [5, 5.41) is 4.86. The van der Waals surface area contributed by atoms with E-state index in [9.17, 15) is 0 Å². The number of nitrogens with one attached hydrogen (secondary N) is 1. The highest BCUT2D eigenvalue weighted by atomic mass is 35.5. The third kappa shape index (κ3) is 2.34. The molecule has 0 fully saturated rings. The van der Waals surface area contributed by atoms with Gasteiger partial charge in [-0.1, -0.05) is 18.2 Å². The molecule has 3 aromatic rings. The minimum Gasteiger partial charge on any atom is -0.352 e. The van der Waals surface area contributed by atoms with E-state index in [2.05, 4.69) is 57.4 Å². The molecule has 0 amide bonds. The van der Waals surface area contributed by atoms with Gasteiger partial charge in [-0.3, -0.25) is 0 Å². The standard InChI is InChI=1S/C17H14ClN3S/c1-21-8-4-6-14(21)12-10-13(20-17(18)19-12)16-9-11-5-2-3-7-15(11)22-16/h2-10,12H,1H3,(H,19,20). The van der Waals surface area contributed by atoms with Crippen LogP contribution in [0, 0.1) is 0 Å². The van der Waals surface area contributed by atoms with Crippen LogP contribution in [0.25, 0.3) is 15.8 Å². The maximum Gasteiger partial charge on any atom is 0.196 e. The van der Waals surface area contributed by atoms with E-state index in [1.54, 1.807) is 11.3 Å². The van der Waals surface area contributed by atoms with E-state index in [1.807, 2.05) is 19.3 Å². The summed E-state index contributed by atoms with van der Waals surface area (Å²) in [7, 11) is 2.02. The largest absolute Gasteiger partial charge is 0.352 e. The molecule has 1 aliphatic rings. The second kappa shape index (κ2) is 5.30. The number of nitrogens with zero attached hydrogens (tertiary/aromatic N) is 2. The summed E-state index contributed by atoms with van der Waals surface area (Å²) in [5.41, 5.74) is 2.14. The molecule has 0 bridgehead atoms. The molecule has 1 N–H and O–H groups in total. The van der Waals surface area contributed by atoms with Gasteiger partial charge in [0.1, 0.15) is 6.04 Å². The maximum atomic E-state index is 6.22. The molecule has 3 nitrogen and oxygen atoms in total. The molecule has 4 rings (SSSR count). The van der Waals surface area contributed by atoms with Crippen LogP contribution in [0.15, 0.2) is 59.7 Å². The Bertz CT molecular complexity index is 870. The van der Waals surface area contributed by atoms with Gasteiger partial charge in [-0.25, -0.2) is 4.99 Å². The van der Waals surface area contributed by atoms with Gasteiger partial charge in [0.15, 0.2) is 5.29 Å². The Balaban J connectivity index is 1.77. The Morgan fingerprint density at radius 3 is 2.86 bits per heavy atom. The van der Waals surface area contributed by atoms with Crippen molar-refractivity contribution in [3.63, 3.8) is 0 Å². The molecule has 0 aliphatic carbocycles. The number of halogens is 1. The lowest BCUT2D eigenvalue weighted by Crippen LogP contribution is -2.22. The number of aliphatic imine (C=N–C) groups is 1. The van der Waals surface area contributed by atoms with E-state index in [4.69, 9.17) is 11.6 Å². The molecule has 1 aromatic carbocycles. The summed E-state index contributed by atoms with van der Waals surface area (Å²) in [5.74, 6) is 0. The highest BCUT2D eigenvalue weighted by molar-refractivity contribution is 7.20. The normalized spacial score (nSPS) is 18.0. The van der Waals surface area contributed by atoms with Gasteiger partial charge in [0.2, 0.25) is 0 Å². The zero-order chi connectivity index (χ0) is 15.1. The van der Waals surface area contributed by atoms with Crippen molar-refractivity contribution >= 4 is 44.0 Å². The van der Waals surface area contributed by atoms with Crippen LogP contribution in [0.4, 0.5) is 0 Å². The fourth-order valence-corrected chi connectivity index (χ4v) is 3.94. The summed E-state index contributed by atoms with van der Waals surface area (Å²) < 4.78 is 3.34. The van der Waals surface area contributed by atoms with Crippen molar-refractivity contribution in [3.8, 4) is 0 Å². The van der Waals surface area contributed by atoms with Crippen molar-refractivity contribution in [2.45, 2.75) is 6.04 Å². The molecule has 1 aliphatic heterocycles. The van der Waals surface area contributed by atoms with E-state index in [-0.39, 0.29) is 6.04 Å². The monoisotopic (exact) mass is 327 g/mol. The minimum absolute atomic E-state index is 0.0611. The first kappa shape index (κ1) is 13.6. The molecule has 0 spiro atoms. The van der Waals surface area contributed by atoms with Crippen molar-refractivity contribution < 1.29 is 0 Å². The number of amidine groups is 1. The number of hydrogen-bond donors (Lipinski definition) is 1. The predicted molar refractivity (Wildman–Crippen MR) is 94.4 cm³/mol. The van der Waals surface area contributed by atoms with Crippen molar-refractivity contribution in [1.29, 1.82) is 0 Å². The second-order valence-electron chi connectivity index (χ2n) is 5.26. The molecule has 110 valence electrons. The highest BCUT2D eigenvalue weighted by Crippen LogP contribution is 2.33. The summed E-state index contributed by atoms with van der Waals surface area (Å²) in [4.78, 5) is 5.67. The van der Waals surface area contributed by atoms with Crippen LogP contribution in [-0.2, 0) is 7.05 Å². The minimum atomic E-state index is -0.0611. The van der Waals surface area contributed by atoms with E-state index in [1.165, 1.54) is 15.0 Å². The van der Waals surface area contributed by atoms with Gasteiger partial charge in [0.25, 0.3) is 0 Å². The Hall–Kier alpha value is -2.04. The first-order chi connectivity index (χ1) is 10.7. The average molecular weight is 328 g/mol. The second-order valence-corrected chi connectivity index (χ2v) is 6.70. The number of fused-ring (bicyclic) bond motifs is 1. The Kier molecular flexibility index (Phi) is 3.28. The third-order valence-electron chi connectivity index (χ3n) is 3.79. The van der Waals surface area contributed by atoms with Crippen molar-refractivity contribution in [2.75, 3.05) is 0 Å². The van der Waals surface area contributed by atoms with Gasteiger partial charge >= 0.3 is 0 Å². The molecule has 0 radical (unpaired) electrons. The van der Waals surface area contributed by atoms with Crippen LogP contribution in [0.2, 0.25) is 0 Å². The van der Waals surface area contributed by atoms with Crippen LogP contribution in [0.1, 0.15) is 16.6 Å². The zero-order valence-electron chi connectivity index (χ0n) is 12.0. The molecule has 3 heterocycles. The summed E-state index contributed by atoms with van der Waals surface area (Å²) in [6.45, 7) is 0. The molecular weight excluding hydrogens is 314 g/mol. The Labute approximate surface area is 137 Å². The lowest BCUT2D eigenvalue weighted by Gasteiger charge is -2.19. The smallest absolute Gasteiger partial charge is 0.196 e. The topological polar surface area (TPSA) is 29.3 Å². The molecular formula is C17H14ClN3S. The van der Waals surface area contributed by atoms with Crippen molar-refractivity contribution in [3.05, 3.63) is 65.3 Å². The quantitative estimate of drug-likeness (QED) is 0.689. The number of thiophene rings is 1. The van der Waals surface area contributed by atoms with Crippen LogP contribution < -0.4 is 5.32 Å². The SMILES string of the molecule is Cn1cccc1C1C=C(c2cc3ccccc3s2)NC(Cl)=N1. The molecule has 0 saturated heterocycles. The third-order valence-corrected chi connectivity index (χ3v) is 5.13. The first-order valence-electron chi connectivity index (χ1n) is 7.03. The van der Waals surface area contributed by atoms with Crippen molar-refractivity contribution in [1.82, 2.24) is 9.88 Å². The number of hydrogen-bond acceptors (Lipinski definition) is 3. The fourth-order valence-electron chi connectivity index (χ4n) is 2.69. The zero-order valence-corrected chi connectivity index (χ0v) is 13.5. The maximum absolute atomic E-state index is 6.22. The lowest BCUT2D eigenvalue weighted by molar-refractivity contribution is 0.759.